The predicted molar refractivity (Wildman–Crippen MR) is 134 cm³/mol. The summed E-state index contributed by atoms with van der Waals surface area (Å²) in [6, 6.07) is 24.4. The summed E-state index contributed by atoms with van der Waals surface area (Å²) in [4.78, 5) is 24.7. The van der Waals surface area contributed by atoms with Crippen LogP contribution in [0.2, 0.25) is 0 Å². The first-order valence-corrected chi connectivity index (χ1v) is 10.8. The topological polar surface area (TPSA) is 79.5 Å². The predicted octanol–water partition coefficient (Wildman–Crippen LogP) is 5.26. The van der Waals surface area contributed by atoms with Crippen molar-refractivity contribution in [3.63, 3.8) is 0 Å². The maximum atomic E-state index is 12.4. The lowest BCUT2D eigenvalue weighted by Crippen LogP contribution is -2.22. The lowest BCUT2D eigenvalue weighted by molar-refractivity contribution is -0.116. The summed E-state index contributed by atoms with van der Waals surface area (Å²) in [5.41, 5.74) is 4.00. The van der Waals surface area contributed by atoms with Gasteiger partial charge in [-0.15, -0.1) is 0 Å². The third-order valence-electron chi connectivity index (χ3n) is 4.71. The van der Waals surface area contributed by atoms with Crippen molar-refractivity contribution < 1.29 is 14.3 Å². The molecule has 0 heterocycles. The van der Waals surface area contributed by atoms with Crippen molar-refractivity contribution in [3.8, 4) is 5.75 Å². The van der Waals surface area contributed by atoms with Crippen LogP contribution in [0.5, 0.6) is 5.75 Å². The van der Waals surface area contributed by atoms with E-state index in [4.69, 9.17) is 4.74 Å². The quantitative estimate of drug-likeness (QED) is 0.353. The molecule has 0 aliphatic rings. The van der Waals surface area contributed by atoms with Crippen LogP contribution in [0.1, 0.15) is 18.9 Å². The molecule has 0 saturated heterocycles. The number of rotatable bonds is 11. The molecule has 0 saturated carbocycles. The van der Waals surface area contributed by atoms with Crippen LogP contribution >= 0.6 is 0 Å². The SMILES string of the molecule is C=C(C)COc1ccccc1NCC(=O)Nc1cccc(NC(=O)CCc2ccccc2)c1. The monoisotopic (exact) mass is 443 g/mol. The van der Waals surface area contributed by atoms with E-state index < -0.39 is 0 Å². The molecule has 0 aromatic heterocycles. The molecule has 3 rings (SSSR count). The maximum Gasteiger partial charge on any atom is 0.243 e. The molecule has 3 aromatic rings. The number of hydrogen-bond donors (Lipinski definition) is 3. The molecule has 0 aliphatic carbocycles. The maximum absolute atomic E-state index is 12.4. The van der Waals surface area contributed by atoms with Gasteiger partial charge in [-0.2, -0.15) is 0 Å². The molecule has 3 N–H and O–H groups in total. The van der Waals surface area contributed by atoms with E-state index in [2.05, 4.69) is 22.5 Å². The minimum atomic E-state index is -0.211. The summed E-state index contributed by atoms with van der Waals surface area (Å²) >= 11 is 0. The van der Waals surface area contributed by atoms with Crippen molar-refractivity contribution in [2.75, 3.05) is 29.1 Å². The summed E-state index contributed by atoms with van der Waals surface area (Å²) in [5.74, 6) is 0.376. The highest BCUT2D eigenvalue weighted by Gasteiger charge is 2.08. The molecule has 2 amide bonds. The van der Waals surface area contributed by atoms with Crippen LogP contribution in [0.15, 0.2) is 91.0 Å². The van der Waals surface area contributed by atoms with E-state index in [1.165, 1.54) is 0 Å². The Hall–Kier alpha value is -4.06. The van der Waals surface area contributed by atoms with E-state index >= 15 is 0 Å². The van der Waals surface area contributed by atoms with Gasteiger partial charge in [0.1, 0.15) is 12.4 Å². The number of amides is 2. The lowest BCUT2D eigenvalue weighted by atomic mass is 10.1. The molecular weight excluding hydrogens is 414 g/mol. The van der Waals surface area contributed by atoms with E-state index in [1.54, 1.807) is 24.3 Å². The Balaban J connectivity index is 1.49. The Morgan fingerprint density at radius 1 is 0.848 bits per heavy atom. The zero-order valence-electron chi connectivity index (χ0n) is 18.8. The minimum absolute atomic E-state index is 0.0705. The van der Waals surface area contributed by atoms with Crippen molar-refractivity contribution in [1.29, 1.82) is 0 Å². The minimum Gasteiger partial charge on any atom is -0.487 e. The van der Waals surface area contributed by atoms with Crippen molar-refractivity contribution >= 4 is 28.9 Å². The van der Waals surface area contributed by atoms with Crippen LogP contribution in [0.3, 0.4) is 0 Å². The Bertz CT molecular complexity index is 1100. The van der Waals surface area contributed by atoms with Gasteiger partial charge >= 0.3 is 0 Å². The summed E-state index contributed by atoms with van der Waals surface area (Å²) in [6.45, 7) is 6.21. The number of nitrogens with one attached hydrogen (secondary N) is 3. The highest BCUT2D eigenvalue weighted by Crippen LogP contribution is 2.24. The second kappa shape index (κ2) is 12.1. The van der Waals surface area contributed by atoms with Gasteiger partial charge in [-0.3, -0.25) is 9.59 Å². The molecule has 6 heteroatoms. The van der Waals surface area contributed by atoms with E-state index in [9.17, 15) is 9.59 Å². The van der Waals surface area contributed by atoms with E-state index in [0.29, 0.717) is 36.6 Å². The van der Waals surface area contributed by atoms with Crippen LogP contribution in [-0.4, -0.2) is 25.0 Å². The summed E-state index contributed by atoms with van der Waals surface area (Å²) < 4.78 is 5.72. The first-order valence-electron chi connectivity index (χ1n) is 10.8. The van der Waals surface area contributed by atoms with Crippen LogP contribution in [-0.2, 0) is 16.0 Å². The lowest BCUT2D eigenvalue weighted by Gasteiger charge is -2.13. The smallest absolute Gasteiger partial charge is 0.243 e. The number of hydrogen-bond acceptors (Lipinski definition) is 4. The molecule has 6 nitrogen and oxygen atoms in total. The highest BCUT2D eigenvalue weighted by atomic mass is 16.5. The average molecular weight is 444 g/mol. The zero-order chi connectivity index (χ0) is 23.5. The van der Waals surface area contributed by atoms with Crippen molar-refractivity contribution in [2.24, 2.45) is 0 Å². The van der Waals surface area contributed by atoms with Crippen molar-refractivity contribution in [3.05, 3.63) is 96.6 Å². The van der Waals surface area contributed by atoms with E-state index in [-0.39, 0.29) is 18.4 Å². The number of ether oxygens (including phenoxy) is 1. The van der Waals surface area contributed by atoms with Crippen LogP contribution in [0.4, 0.5) is 17.1 Å². The Morgan fingerprint density at radius 2 is 1.52 bits per heavy atom. The fraction of sp³-hybridized carbons (Fsp3) is 0.185. The van der Waals surface area contributed by atoms with Gasteiger partial charge in [-0.25, -0.2) is 0 Å². The zero-order valence-corrected chi connectivity index (χ0v) is 18.8. The van der Waals surface area contributed by atoms with Gasteiger partial charge in [-0.05, 0) is 54.8 Å². The van der Waals surface area contributed by atoms with Gasteiger partial charge in [0, 0.05) is 17.8 Å². The number of para-hydroxylation sites is 2. The molecule has 0 spiro atoms. The van der Waals surface area contributed by atoms with Gasteiger partial charge in [0.15, 0.2) is 0 Å². The number of carbonyl (C=O) groups excluding carboxylic acids is 2. The number of benzene rings is 3. The van der Waals surface area contributed by atoms with Gasteiger partial charge < -0.3 is 20.7 Å². The molecule has 3 aromatic carbocycles. The largest absolute Gasteiger partial charge is 0.487 e. The number of aryl methyl sites for hydroxylation is 1. The molecule has 0 atom stereocenters. The number of carbonyl (C=O) groups is 2. The van der Waals surface area contributed by atoms with Crippen molar-refractivity contribution in [2.45, 2.75) is 19.8 Å². The fourth-order valence-corrected chi connectivity index (χ4v) is 3.12. The van der Waals surface area contributed by atoms with Crippen LogP contribution in [0, 0.1) is 0 Å². The standard InChI is InChI=1S/C27H29N3O3/c1-20(2)19-33-25-14-7-6-13-24(25)28-18-27(32)30-23-12-8-11-22(17-23)29-26(31)16-15-21-9-4-3-5-10-21/h3-14,17,28H,1,15-16,18-19H2,2H3,(H,29,31)(H,30,32). The Labute approximate surface area is 194 Å². The van der Waals surface area contributed by atoms with E-state index in [1.807, 2.05) is 61.5 Å². The Morgan fingerprint density at radius 3 is 2.24 bits per heavy atom. The molecule has 0 fully saturated rings. The summed E-state index contributed by atoms with van der Waals surface area (Å²) in [5, 5.41) is 8.83. The molecule has 0 unspecified atom stereocenters. The van der Waals surface area contributed by atoms with Crippen molar-refractivity contribution in [1.82, 2.24) is 0 Å². The molecule has 0 aliphatic heterocycles. The molecule has 170 valence electrons. The summed E-state index contributed by atoms with van der Waals surface area (Å²) in [7, 11) is 0. The molecule has 33 heavy (non-hydrogen) atoms. The second-order valence-electron chi connectivity index (χ2n) is 7.76. The Kier molecular flexibility index (Phi) is 8.65. The van der Waals surface area contributed by atoms with Gasteiger partial charge in [-0.1, -0.05) is 55.1 Å². The highest BCUT2D eigenvalue weighted by molar-refractivity contribution is 5.96. The molecular formula is C27H29N3O3. The third-order valence-corrected chi connectivity index (χ3v) is 4.71. The van der Waals surface area contributed by atoms with E-state index in [0.717, 1.165) is 16.8 Å². The average Bonchev–Trinajstić information content (AvgIpc) is 2.81. The fourth-order valence-electron chi connectivity index (χ4n) is 3.12. The van der Waals surface area contributed by atoms with Gasteiger partial charge in [0.05, 0.1) is 12.2 Å². The number of anilines is 3. The molecule has 0 bridgehead atoms. The normalized spacial score (nSPS) is 10.2. The van der Waals surface area contributed by atoms with Crippen LogP contribution < -0.4 is 20.7 Å². The van der Waals surface area contributed by atoms with Gasteiger partial charge in [0.2, 0.25) is 11.8 Å². The third kappa shape index (κ3) is 8.18. The first kappa shape index (κ1) is 23.6. The first-order chi connectivity index (χ1) is 16.0. The van der Waals surface area contributed by atoms with Crippen LogP contribution in [0.25, 0.3) is 0 Å². The second-order valence-corrected chi connectivity index (χ2v) is 7.76. The van der Waals surface area contributed by atoms with Gasteiger partial charge in [0.25, 0.3) is 0 Å². The summed E-state index contributed by atoms with van der Waals surface area (Å²) in [6.07, 6.45) is 1.06. The molecule has 0 radical (unpaired) electrons.